The summed E-state index contributed by atoms with van der Waals surface area (Å²) < 4.78 is 10.7. The highest BCUT2D eigenvalue weighted by Gasteiger charge is 2.47. The molecule has 192 valence electrons. The third-order valence-electron chi connectivity index (χ3n) is 5.83. The summed E-state index contributed by atoms with van der Waals surface area (Å²) >= 11 is 7.68. The van der Waals surface area contributed by atoms with Crippen LogP contribution in [0.4, 0.5) is 5.69 Å². The molecule has 1 aromatic heterocycles. The molecule has 0 aliphatic carbocycles. The molecule has 7 nitrogen and oxygen atoms in total. The number of carbonyl (C=O) groups is 3. The van der Waals surface area contributed by atoms with Crippen LogP contribution >= 0.6 is 22.9 Å². The van der Waals surface area contributed by atoms with Crippen LogP contribution in [-0.4, -0.2) is 36.5 Å². The number of aliphatic hydroxyl groups excluding tert-OH is 1. The van der Waals surface area contributed by atoms with Gasteiger partial charge in [0, 0.05) is 10.6 Å². The van der Waals surface area contributed by atoms with E-state index >= 15 is 0 Å². The van der Waals surface area contributed by atoms with Gasteiger partial charge in [0.1, 0.15) is 17.6 Å². The van der Waals surface area contributed by atoms with Crippen LogP contribution in [0.15, 0.2) is 59.5 Å². The number of hydrogen-bond acceptors (Lipinski definition) is 7. The van der Waals surface area contributed by atoms with E-state index in [2.05, 4.69) is 0 Å². The highest BCUT2D eigenvalue weighted by atomic mass is 35.5. The van der Waals surface area contributed by atoms with E-state index in [1.165, 1.54) is 23.3 Å². The summed E-state index contributed by atoms with van der Waals surface area (Å²) in [5, 5.41) is 13.5. The molecule has 37 heavy (non-hydrogen) atoms. The molecule has 4 rings (SSSR count). The molecule has 3 aromatic rings. The second kappa shape index (κ2) is 10.8. The zero-order valence-corrected chi connectivity index (χ0v) is 22.4. The predicted octanol–water partition coefficient (Wildman–Crippen LogP) is 6.16. The molecule has 1 aliphatic heterocycles. The number of aryl methyl sites for hydroxylation is 1. The normalized spacial score (nSPS) is 16.9. The number of halogens is 1. The molecule has 2 heterocycles. The van der Waals surface area contributed by atoms with Crippen molar-refractivity contribution in [3.63, 3.8) is 0 Å². The van der Waals surface area contributed by atoms with Gasteiger partial charge in [0.2, 0.25) is 0 Å². The summed E-state index contributed by atoms with van der Waals surface area (Å²) in [5.41, 5.74) is 1.61. The van der Waals surface area contributed by atoms with Gasteiger partial charge in [0.15, 0.2) is 0 Å². The molecule has 0 bridgehead atoms. The summed E-state index contributed by atoms with van der Waals surface area (Å²) in [6.45, 7) is 5.97. The van der Waals surface area contributed by atoms with Gasteiger partial charge in [-0.3, -0.25) is 14.5 Å². The number of carbonyl (C=O) groups excluding carboxylic acids is 3. The molecule has 1 saturated heterocycles. The Morgan fingerprint density at radius 3 is 2.46 bits per heavy atom. The second-order valence-corrected chi connectivity index (χ2v) is 10.4. The van der Waals surface area contributed by atoms with Crippen molar-refractivity contribution in [2.45, 2.75) is 26.8 Å². The quantitative estimate of drug-likeness (QED) is 0.167. The van der Waals surface area contributed by atoms with Crippen LogP contribution in [-0.2, 0) is 14.3 Å². The predicted molar refractivity (Wildman–Crippen MR) is 143 cm³/mol. The third kappa shape index (κ3) is 5.12. The molecule has 1 aliphatic rings. The van der Waals surface area contributed by atoms with Crippen LogP contribution in [0.2, 0.25) is 5.02 Å². The molecule has 1 atom stereocenters. The van der Waals surface area contributed by atoms with Gasteiger partial charge in [-0.15, -0.1) is 11.3 Å². The SMILES string of the molecule is COc1c(Cl)cc(C)cc1/C(O)=C1/C(=O)C(=O)N(c2ccc(C(=O)OCC(C)C)cc2)C1c1cccs1. The number of Topliss-reactive ketones (excluding diaryl/α,β-unsaturated/α-hetero) is 1. The van der Waals surface area contributed by atoms with E-state index in [4.69, 9.17) is 21.1 Å². The maximum atomic E-state index is 13.4. The Hall–Kier alpha value is -3.62. The van der Waals surface area contributed by atoms with E-state index in [1.54, 1.807) is 55.5 Å². The summed E-state index contributed by atoms with van der Waals surface area (Å²) in [6, 6.07) is 12.3. The molecule has 1 fully saturated rings. The Labute approximate surface area is 223 Å². The number of ketones is 1. The minimum atomic E-state index is -0.886. The van der Waals surface area contributed by atoms with Crippen LogP contribution in [0.1, 0.15) is 46.3 Å². The van der Waals surface area contributed by atoms with E-state index in [9.17, 15) is 19.5 Å². The largest absolute Gasteiger partial charge is 0.507 e. The summed E-state index contributed by atoms with van der Waals surface area (Å²) in [6.07, 6.45) is 0. The molecule has 0 radical (unpaired) electrons. The highest BCUT2D eigenvalue weighted by Crippen LogP contribution is 2.45. The van der Waals surface area contributed by atoms with Crippen LogP contribution < -0.4 is 9.64 Å². The minimum Gasteiger partial charge on any atom is -0.507 e. The number of amides is 1. The van der Waals surface area contributed by atoms with Crippen molar-refractivity contribution in [1.82, 2.24) is 0 Å². The molecule has 1 N–H and O–H groups in total. The number of thiophene rings is 1. The second-order valence-electron chi connectivity index (χ2n) is 9.05. The first-order chi connectivity index (χ1) is 17.6. The molecular formula is C28H26ClNO6S. The molecule has 1 amide bonds. The first-order valence-corrected chi connectivity index (χ1v) is 12.9. The molecule has 0 spiro atoms. The zero-order chi connectivity index (χ0) is 26.9. The van der Waals surface area contributed by atoms with E-state index in [1.807, 2.05) is 19.2 Å². The van der Waals surface area contributed by atoms with Crippen molar-refractivity contribution in [1.29, 1.82) is 0 Å². The number of ether oxygens (including phenoxy) is 2. The number of esters is 1. The van der Waals surface area contributed by atoms with Crippen molar-refractivity contribution in [2.75, 3.05) is 18.6 Å². The van der Waals surface area contributed by atoms with E-state index in [0.717, 1.165) is 5.56 Å². The number of aliphatic hydroxyl groups is 1. The van der Waals surface area contributed by atoms with Gasteiger partial charge in [-0.05, 0) is 66.2 Å². The first kappa shape index (κ1) is 26.4. The van der Waals surface area contributed by atoms with Crippen LogP contribution in [0, 0.1) is 12.8 Å². The van der Waals surface area contributed by atoms with E-state index in [-0.39, 0.29) is 33.6 Å². The van der Waals surface area contributed by atoms with Gasteiger partial charge < -0.3 is 14.6 Å². The van der Waals surface area contributed by atoms with E-state index < -0.39 is 23.7 Å². The number of benzene rings is 2. The number of methoxy groups -OCH3 is 1. The number of anilines is 1. The zero-order valence-electron chi connectivity index (χ0n) is 20.8. The summed E-state index contributed by atoms with van der Waals surface area (Å²) in [7, 11) is 1.41. The van der Waals surface area contributed by atoms with Gasteiger partial charge in [0.25, 0.3) is 11.7 Å². The highest BCUT2D eigenvalue weighted by molar-refractivity contribution is 7.10. The Balaban J connectivity index is 1.82. The standard InChI is InChI=1S/C28H26ClNO6S/c1-15(2)14-36-28(34)17-7-9-18(10-8-17)30-23(21-6-5-11-37-21)22(25(32)27(30)33)24(31)19-12-16(3)13-20(29)26(19)35-4/h5-13,15,23,31H,14H2,1-4H3/b24-22-. The average Bonchev–Trinajstić information content (AvgIpc) is 3.48. The summed E-state index contributed by atoms with van der Waals surface area (Å²) in [4.78, 5) is 41.0. The third-order valence-corrected chi connectivity index (χ3v) is 7.04. The van der Waals surface area contributed by atoms with E-state index in [0.29, 0.717) is 22.7 Å². The van der Waals surface area contributed by atoms with Crippen LogP contribution in [0.3, 0.4) is 0 Å². The lowest BCUT2D eigenvalue weighted by Crippen LogP contribution is -2.29. The monoisotopic (exact) mass is 539 g/mol. The maximum absolute atomic E-state index is 13.4. The van der Waals surface area contributed by atoms with Gasteiger partial charge in [-0.2, -0.15) is 0 Å². The lowest BCUT2D eigenvalue weighted by Gasteiger charge is -2.24. The Bertz CT molecular complexity index is 1380. The molecule has 2 aromatic carbocycles. The van der Waals surface area contributed by atoms with Crippen molar-refractivity contribution in [2.24, 2.45) is 5.92 Å². The number of rotatable bonds is 7. The van der Waals surface area contributed by atoms with Crippen molar-refractivity contribution in [3.8, 4) is 5.75 Å². The lowest BCUT2D eigenvalue weighted by molar-refractivity contribution is -0.132. The van der Waals surface area contributed by atoms with Crippen molar-refractivity contribution < 1.29 is 29.0 Å². The van der Waals surface area contributed by atoms with Crippen molar-refractivity contribution in [3.05, 3.63) is 86.1 Å². The first-order valence-electron chi connectivity index (χ1n) is 11.6. The van der Waals surface area contributed by atoms with Gasteiger partial charge in [-0.1, -0.05) is 31.5 Å². The average molecular weight is 540 g/mol. The molecule has 0 saturated carbocycles. The smallest absolute Gasteiger partial charge is 0.338 e. The van der Waals surface area contributed by atoms with Gasteiger partial charge in [0.05, 0.1) is 35.4 Å². The molecule has 1 unspecified atom stereocenters. The van der Waals surface area contributed by atoms with Crippen LogP contribution in [0.5, 0.6) is 5.75 Å². The van der Waals surface area contributed by atoms with Crippen LogP contribution in [0.25, 0.3) is 5.76 Å². The number of nitrogens with zero attached hydrogens (tertiary/aromatic N) is 1. The summed E-state index contributed by atoms with van der Waals surface area (Å²) in [5.74, 6) is -2.09. The number of hydrogen-bond donors (Lipinski definition) is 1. The Morgan fingerprint density at radius 2 is 1.86 bits per heavy atom. The van der Waals surface area contributed by atoms with Gasteiger partial charge >= 0.3 is 5.97 Å². The Morgan fingerprint density at radius 1 is 1.16 bits per heavy atom. The fourth-order valence-electron chi connectivity index (χ4n) is 4.16. The molecular weight excluding hydrogens is 514 g/mol. The lowest BCUT2D eigenvalue weighted by atomic mass is 9.98. The maximum Gasteiger partial charge on any atom is 0.338 e. The fraction of sp³-hybridized carbons (Fsp3) is 0.250. The molecule has 9 heteroatoms. The minimum absolute atomic E-state index is 0.0761. The topological polar surface area (TPSA) is 93.1 Å². The fourth-order valence-corrected chi connectivity index (χ4v) is 5.33. The van der Waals surface area contributed by atoms with Crippen molar-refractivity contribution >= 4 is 52.0 Å². The Kier molecular flexibility index (Phi) is 7.71. The van der Waals surface area contributed by atoms with Gasteiger partial charge in [-0.25, -0.2) is 4.79 Å².